The minimum absolute atomic E-state index is 0.226. The van der Waals surface area contributed by atoms with Crippen LogP contribution in [0.4, 0.5) is 4.79 Å². The first kappa shape index (κ1) is 18.0. The molecule has 120 valence electrons. The van der Waals surface area contributed by atoms with Crippen LogP contribution in [-0.2, 0) is 4.74 Å². The van der Waals surface area contributed by atoms with Crippen LogP contribution in [0.1, 0.15) is 52.0 Å². The normalized spacial score (nSPS) is 13.0. The second-order valence-electron chi connectivity index (χ2n) is 6.10. The fourth-order valence-corrected chi connectivity index (χ4v) is 2.69. The van der Waals surface area contributed by atoms with Gasteiger partial charge in [-0.3, -0.25) is 0 Å². The molecule has 0 aliphatic heterocycles. The van der Waals surface area contributed by atoms with Crippen LogP contribution in [0.3, 0.4) is 0 Å². The van der Waals surface area contributed by atoms with Gasteiger partial charge in [0.1, 0.15) is 5.60 Å². The van der Waals surface area contributed by atoms with Crippen molar-refractivity contribution >= 4 is 17.4 Å². The van der Waals surface area contributed by atoms with E-state index in [1.807, 2.05) is 27.7 Å². The van der Waals surface area contributed by atoms with Gasteiger partial charge in [-0.05, 0) is 59.0 Å². The summed E-state index contributed by atoms with van der Waals surface area (Å²) in [6.07, 6.45) is 0.694. The Morgan fingerprint density at radius 3 is 2.71 bits per heavy atom. The summed E-state index contributed by atoms with van der Waals surface area (Å²) >= 11 is 1.76. The number of ether oxygens (including phenoxy) is 1. The van der Waals surface area contributed by atoms with Gasteiger partial charge in [-0.2, -0.15) is 0 Å². The number of hydrogen-bond donors (Lipinski definition) is 1. The number of thiophene rings is 1. The summed E-state index contributed by atoms with van der Waals surface area (Å²) in [5.41, 5.74) is -0.434. The third kappa shape index (κ3) is 6.96. The monoisotopic (exact) mass is 312 g/mol. The molecule has 1 rings (SSSR count). The van der Waals surface area contributed by atoms with Crippen LogP contribution in [0.2, 0.25) is 0 Å². The molecule has 21 heavy (non-hydrogen) atoms. The van der Waals surface area contributed by atoms with E-state index in [-0.39, 0.29) is 6.09 Å². The highest BCUT2D eigenvalue weighted by Gasteiger charge is 2.20. The third-order valence-electron chi connectivity index (χ3n) is 3.06. The molecule has 4 nitrogen and oxygen atoms in total. The van der Waals surface area contributed by atoms with E-state index in [1.54, 1.807) is 16.2 Å². The summed E-state index contributed by atoms with van der Waals surface area (Å²) in [5.74, 6) is 0. The number of carbonyl (C=O) groups is 1. The first-order chi connectivity index (χ1) is 9.83. The molecule has 1 aromatic heterocycles. The number of nitrogens with one attached hydrogen (secondary N) is 1. The van der Waals surface area contributed by atoms with Gasteiger partial charge in [0.05, 0.1) is 0 Å². The number of carbonyl (C=O) groups excluding carboxylic acids is 1. The Labute approximate surface area is 132 Å². The Balaban J connectivity index is 2.27. The molecule has 1 atom stereocenters. The summed E-state index contributed by atoms with van der Waals surface area (Å²) in [4.78, 5) is 15.1. The van der Waals surface area contributed by atoms with Crippen molar-refractivity contribution in [3.8, 4) is 0 Å². The molecule has 5 heteroatoms. The summed E-state index contributed by atoms with van der Waals surface area (Å²) in [6.45, 7) is 12.1. The molecule has 0 aliphatic carbocycles. The van der Waals surface area contributed by atoms with E-state index in [9.17, 15) is 4.79 Å². The summed E-state index contributed by atoms with van der Waals surface area (Å²) in [7, 11) is 0. The van der Waals surface area contributed by atoms with Gasteiger partial charge in [0.25, 0.3) is 0 Å². The van der Waals surface area contributed by atoms with Crippen molar-refractivity contribution in [2.45, 2.75) is 52.7 Å². The molecular formula is C16H28N2O2S. The van der Waals surface area contributed by atoms with Crippen molar-refractivity contribution in [1.82, 2.24) is 10.2 Å². The van der Waals surface area contributed by atoms with Crippen LogP contribution in [0, 0.1) is 0 Å². The summed E-state index contributed by atoms with van der Waals surface area (Å²) in [5, 5.41) is 5.58. The van der Waals surface area contributed by atoms with Gasteiger partial charge in [-0.1, -0.05) is 6.07 Å². The molecule has 1 heterocycles. The Kier molecular flexibility index (Phi) is 7.18. The topological polar surface area (TPSA) is 41.6 Å². The fourth-order valence-electron chi connectivity index (χ4n) is 1.93. The van der Waals surface area contributed by atoms with E-state index in [1.165, 1.54) is 4.88 Å². The van der Waals surface area contributed by atoms with Crippen molar-refractivity contribution in [2.24, 2.45) is 0 Å². The van der Waals surface area contributed by atoms with Gasteiger partial charge in [0.15, 0.2) is 0 Å². The lowest BCUT2D eigenvalue weighted by molar-refractivity contribution is 0.0258. The molecule has 1 amide bonds. The lowest BCUT2D eigenvalue weighted by Crippen LogP contribution is -2.38. The van der Waals surface area contributed by atoms with Crippen molar-refractivity contribution in [1.29, 1.82) is 0 Å². The largest absolute Gasteiger partial charge is 0.444 e. The minimum atomic E-state index is -0.434. The third-order valence-corrected chi connectivity index (χ3v) is 4.11. The quantitative estimate of drug-likeness (QED) is 0.772. The van der Waals surface area contributed by atoms with Crippen molar-refractivity contribution < 1.29 is 9.53 Å². The van der Waals surface area contributed by atoms with E-state index < -0.39 is 5.60 Å². The van der Waals surface area contributed by atoms with Gasteiger partial charge in [-0.15, -0.1) is 11.3 Å². The van der Waals surface area contributed by atoms with Crippen LogP contribution < -0.4 is 5.32 Å². The molecule has 0 saturated carbocycles. The van der Waals surface area contributed by atoms with Gasteiger partial charge < -0.3 is 15.0 Å². The zero-order chi connectivity index (χ0) is 15.9. The molecule has 0 bridgehead atoms. The maximum Gasteiger partial charge on any atom is 0.410 e. The van der Waals surface area contributed by atoms with E-state index in [2.05, 4.69) is 29.8 Å². The number of rotatable bonds is 7. The Bertz CT molecular complexity index is 412. The van der Waals surface area contributed by atoms with E-state index >= 15 is 0 Å². The van der Waals surface area contributed by atoms with Crippen LogP contribution >= 0.6 is 11.3 Å². The zero-order valence-corrected chi connectivity index (χ0v) is 14.6. The highest BCUT2D eigenvalue weighted by atomic mass is 32.1. The van der Waals surface area contributed by atoms with Crippen LogP contribution in [0.5, 0.6) is 0 Å². The predicted octanol–water partition coefficient (Wildman–Crippen LogP) is 4.05. The van der Waals surface area contributed by atoms with Crippen LogP contribution in [0.15, 0.2) is 17.5 Å². The average Bonchev–Trinajstić information content (AvgIpc) is 2.90. The number of nitrogens with zero attached hydrogens (tertiary/aromatic N) is 1. The first-order valence-corrected chi connectivity index (χ1v) is 8.46. The second-order valence-corrected chi connectivity index (χ2v) is 7.08. The molecule has 0 spiro atoms. The van der Waals surface area contributed by atoms with E-state index in [4.69, 9.17) is 4.74 Å². The summed E-state index contributed by atoms with van der Waals surface area (Å²) in [6, 6.07) is 4.57. The second kappa shape index (κ2) is 8.39. The molecule has 1 aromatic rings. The van der Waals surface area contributed by atoms with Crippen molar-refractivity contribution in [3.05, 3.63) is 22.4 Å². The molecule has 0 fully saturated rings. The zero-order valence-electron chi connectivity index (χ0n) is 13.8. The molecule has 1 unspecified atom stereocenters. The van der Waals surface area contributed by atoms with Gasteiger partial charge in [-0.25, -0.2) is 4.79 Å². The highest BCUT2D eigenvalue weighted by molar-refractivity contribution is 7.10. The lowest BCUT2D eigenvalue weighted by atomic mass is 10.2. The van der Waals surface area contributed by atoms with Gasteiger partial charge in [0.2, 0.25) is 0 Å². The SMILES string of the molecule is CCN(CCCNC(C)c1cccs1)C(=O)OC(C)(C)C. The Hall–Kier alpha value is -1.07. The lowest BCUT2D eigenvalue weighted by Gasteiger charge is -2.26. The van der Waals surface area contributed by atoms with Crippen molar-refractivity contribution in [3.63, 3.8) is 0 Å². The Morgan fingerprint density at radius 2 is 2.19 bits per heavy atom. The van der Waals surface area contributed by atoms with Gasteiger partial charge >= 0.3 is 6.09 Å². The van der Waals surface area contributed by atoms with E-state index in [0.29, 0.717) is 12.6 Å². The molecule has 0 radical (unpaired) electrons. The van der Waals surface area contributed by atoms with E-state index in [0.717, 1.165) is 19.5 Å². The van der Waals surface area contributed by atoms with Crippen molar-refractivity contribution in [2.75, 3.05) is 19.6 Å². The molecule has 0 saturated heterocycles. The molecule has 1 N–H and O–H groups in total. The molecule has 0 aliphatic rings. The smallest absolute Gasteiger partial charge is 0.410 e. The first-order valence-electron chi connectivity index (χ1n) is 7.58. The average molecular weight is 312 g/mol. The molecular weight excluding hydrogens is 284 g/mol. The standard InChI is InChI=1S/C16H28N2O2S/c1-6-18(15(19)20-16(3,4)5)11-8-10-17-13(2)14-9-7-12-21-14/h7,9,12-13,17H,6,8,10-11H2,1-5H3. The highest BCUT2D eigenvalue weighted by Crippen LogP contribution is 2.17. The fraction of sp³-hybridized carbons (Fsp3) is 0.688. The van der Waals surface area contributed by atoms with Gasteiger partial charge in [0, 0.05) is 24.0 Å². The molecule has 0 aromatic carbocycles. The van der Waals surface area contributed by atoms with Crippen LogP contribution in [0.25, 0.3) is 0 Å². The predicted molar refractivity (Wildman–Crippen MR) is 88.8 cm³/mol. The maximum absolute atomic E-state index is 12.0. The maximum atomic E-state index is 12.0. The minimum Gasteiger partial charge on any atom is -0.444 e. The van der Waals surface area contributed by atoms with Crippen LogP contribution in [-0.4, -0.2) is 36.2 Å². The Morgan fingerprint density at radius 1 is 1.48 bits per heavy atom. The number of amides is 1. The summed E-state index contributed by atoms with van der Waals surface area (Å²) < 4.78 is 5.40. The number of hydrogen-bond acceptors (Lipinski definition) is 4.